The van der Waals surface area contributed by atoms with Gasteiger partial charge in [-0.25, -0.2) is 0 Å². The van der Waals surface area contributed by atoms with E-state index in [1.165, 1.54) is 83.5 Å². The van der Waals surface area contributed by atoms with Crippen molar-refractivity contribution in [2.24, 2.45) is 23.7 Å². The minimum Gasteiger partial charge on any atom is -0.377 e. The highest BCUT2D eigenvalue weighted by Gasteiger charge is 2.30. The molecule has 2 rings (SSSR count). The van der Waals surface area contributed by atoms with Crippen molar-refractivity contribution in [3.05, 3.63) is 12.7 Å². The van der Waals surface area contributed by atoms with Crippen LogP contribution in [0.2, 0.25) is 0 Å². The predicted octanol–water partition coefficient (Wildman–Crippen LogP) is 6.77. The summed E-state index contributed by atoms with van der Waals surface area (Å²) >= 11 is 0. The number of hydrogen-bond acceptors (Lipinski definition) is 1. The Morgan fingerprint density at radius 3 is 1.91 bits per heavy atom. The van der Waals surface area contributed by atoms with Gasteiger partial charge in [-0.15, -0.1) is 6.58 Å². The first kappa shape index (κ1) is 19.0. The molecule has 1 heteroatoms. The molecule has 0 bridgehead atoms. The van der Waals surface area contributed by atoms with Gasteiger partial charge in [0.05, 0.1) is 6.61 Å². The lowest BCUT2D eigenvalue weighted by Gasteiger charge is -2.38. The third kappa shape index (κ3) is 6.99. The van der Waals surface area contributed by atoms with Gasteiger partial charge in [-0.1, -0.05) is 64.4 Å². The number of ether oxygens (including phenoxy) is 1. The molecule has 0 N–H and O–H groups in total. The van der Waals surface area contributed by atoms with Crippen LogP contribution in [0, 0.1) is 23.7 Å². The fourth-order valence-electron chi connectivity index (χ4n) is 5.00. The van der Waals surface area contributed by atoms with Crippen LogP contribution in [0.4, 0.5) is 0 Å². The fourth-order valence-corrected chi connectivity index (χ4v) is 5.00. The molecule has 0 aromatic carbocycles. The first-order chi connectivity index (χ1) is 11.3. The summed E-state index contributed by atoms with van der Waals surface area (Å²) in [6.45, 7) is 7.68. The molecule has 0 saturated heterocycles. The van der Waals surface area contributed by atoms with Crippen LogP contribution in [0.1, 0.15) is 90.4 Å². The lowest BCUT2D eigenvalue weighted by Crippen LogP contribution is -2.26. The molecule has 0 atom stereocenters. The van der Waals surface area contributed by atoms with E-state index in [0.717, 1.165) is 36.9 Å². The second kappa shape index (κ2) is 11.3. The minimum atomic E-state index is 0.719. The van der Waals surface area contributed by atoms with Crippen molar-refractivity contribution in [3.8, 4) is 0 Å². The molecule has 0 spiro atoms. The molecule has 2 aliphatic carbocycles. The van der Waals surface area contributed by atoms with Crippen LogP contribution in [0.5, 0.6) is 0 Å². The highest BCUT2D eigenvalue weighted by atomic mass is 16.5. The summed E-state index contributed by atoms with van der Waals surface area (Å²) in [5.74, 6) is 4.12. The van der Waals surface area contributed by atoms with Crippen molar-refractivity contribution < 1.29 is 4.74 Å². The maximum Gasteiger partial charge on any atom is 0.0644 e. The van der Waals surface area contributed by atoms with Gasteiger partial charge in [-0.05, 0) is 55.8 Å². The number of unbranched alkanes of at least 4 members (excludes halogenated alkanes) is 2. The molecule has 2 aliphatic rings. The van der Waals surface area contributed by atoms with Gasteiger partial charge in [0.25, 0.3) is 0 Å². The Bertz CT molecular complexity index is 295. The van der Waals surface area contributed by atoms with E-state index < -0.39 is 0 Å². The fraction of sp³-hybridized carbons (Fsp3) is 0.909. The zero-order chi connectivity index (χ0) is 16.3. The van der Waals surface area contributed by atoms with E-state index in [4.69, 9.17) is 4.74 Å². The van der Waals surface area contributed by atoms with Gasteiger partial charge < -0.3 is 4.74 Å². The van der Waals surface area contributed by atoms with Crippen molar-refractivity contribution in [3.63, 3.8) is 0 Å². The zero-order valence-corrected chi connectivity index (χ0v) is 15.6. The van der Waals surface area contributed by atoms with Gasteiger partial charge in [0, 0.05) is 6.61 Å². The standard InChI is InChI=1S/C22H40O/c1-3-5-6-7-19-8-12-21(13-9-19)22-14-10-20(11-15-22)16-18-23-17-4-2/h4,19-22H,2-3,5-18H2,1H3/t19-,20-,21-,22-. The molecule has 0 heterocycles. The van der Waals surface area contributed by atoms with Gasteiger partial charge in [0.15, 0.2) is 0 Å². The van der Waals surface area contributed by atoms with E-state index in [0.29, 0.717) is 0 Å². The van der Waals surface area contributed by atoms with Crippen molar-refractivity contribution in [2.75, 3.05) is 13.2 Å². The Hall–Kier alpha value is -0.300. The lowest BCUT2D eigenvalue weighted by atomic mass is 9.68. The van der Waals surface area contributed by atoms with E-state index in [1.807, 2.05) is 6.08 Å². The summed E-state index contributed by atoms with van der Waals surface area (Å²) in [7, 11) is 0. The van der Waals surface area contributed by atoms with Crippen LogP contribution in [0.3, 0.4) is 0 Å². The van der Waals surface area contributed by atoms with Gasteiger partial charge in [0.1, 0.15) is 0 Å². The Kier molecular flexibility index (Phi) is 9.34. The number of hydrogen-bond donors (Lipinski definition) is 0. The molecule has 0 amide bonds. The molecule has 0 aromatic rings. The molecule has 0 aromatic heterocycles. The monoisotopic (exact) mass is 320 g/mol. The average Bonchev–Trinajstić information content (AvgIpc) is 2.60. The Balaban J connectivity index is 1.56. The second-order valence-corrected chi connectivity index (χ2v) is 8.21. The first-order valence-corrected chi connectivity index (χ1v) is 10.5. The molecular formula is C22H40O. The van der Waals surface area contributed by atoms with Gasteiger partial charge in [-0.2, -0.15) is 0 Å². The van der Waals surface area contributed by atoms with Crippen molar-refractivity contribution in [1.29, 1.82) is 0 Å². The molecule has 0 radical (unpaired) electrons. The SMILES string of the molecule is C=CCOCC[C@H]1CC[C@H]([C@H]2CC[C@H](CCCCC)CC2)CC1. The summed E-state index contributed by atoms with van der Waals surface area (Å²) < 4.78 is 5.56. The van der Waals surface area contributed by atoms with Crippen LogP contribution in [0.15, 0.2) is 12.7 Å². The van der Waals surface area contributed by atoms with Gasteiger partial charge >= 0.3 is 0 Å². The van der Waals surface area contributed by atoms with Crippen LogP contribution in [-0.4, -0.2) is 13.2 Å². The molecule has 134 valence electrons. The average molecular weight is 321 g/mol. The van der Waals surface area contributed by atoms with E-state index in [-0.39, 0.29) is 0 Å². The van der Waals surface area contributed by atoms with Gasteiger partial charge in [-0.3, -0.25) is 0 Å². The third-order valence-electron chi connectivity index (χ3n) is 6.57. The maximum atomic E-state index is 5.56. The van der Waals surface area contributed by atoms with E-state index >= 15 is 0 Å². The third-order valence-corrected chi connectivity index (χ3v) is 6.57. The van der Waals surface area contributed by atoms with Crippen molar-refractivity contribution in [1.82, 2.24) is 0 Å². The highest BCUT2D eigenvalue weighted by molar-refractivity contribution is 4.82. The normalized spacial score (nSPS) is 31.9. The molecule has 2 saturated carbocycles. The molecule has 0 aliphatic heterocycles. The largest absolute Gasteiger partial charge is 0.377 e. The van der Waals surface area contributed by atoms with Crippen molar-refractivity contribution in [2.45, 2.75) is 90.4 Å². The highest BCUT2D eigenvalue weighted by Crippen LogP contribution is 2.42. The second-order valence-electron chi connectivity index (χ2n) is 8.21. The predicted molar refractivity (Wildman–Crippen MR) is 101 cm³/mol. The molecule has 1 nitrogen and oxygen atoms in total. The first-order valence-electron chi connectivity index (χ1n) is 10.5. The maximum absolute atomic E-state index is 5.56. The Morgan fingerprint density at radius 2 is 1.39 bits per heavy atom. The summed E-state index contributed by atoms with van der Waals surface area (Å²) in [6, 6.07) is 0. The zero-order valence-electron chi connectivity index (χ0n) is 15.6. The van der Waals surface area contributed by atoms with Crippen LogP contribution >= 0.6 is 0 Å². The van der Waals surface area contributed by atoms with E-state index in [2.05, 4.69) is 13.5 Å². The summed E-state index contributed by atoms with van der Waals surface area (Å²) in [4.78, 5) is 0. The molecular weight excluding hydrogens is 280 g/mol. The van der Waals surface area contributed by atoms with Crippen LogP contribution in [-0.2, 0) is 4.74 Å². The Morgan fingerprint density at radius 1 is 0.826 bits per heavy atom. The van der Waals surface area contributed by atoms with Crippen LogP contribution < -0.4 is 0 Å². The van der Waals surface area contributed by atoms with Gasteiger partial charge in [0.2, 0.25) is 0 Å². The van der Waals surface area contributed by atoms with Crippen molar-refractivity contribution >= 4 is 0 Å². The smallest absolute Gasteiger partial charge is 0.0644 e. The topological polar surface area (TPSA) is 9.23 Å². The Labute approximate surface area is 145 Å². The van der Waals surface area contributed by atoms with E-state index in [1.54, 1.807) is 0 Å². The molecule has 2 fully saturated rings. The quantitative estimate of drug-likeness (QED) is 0.319. The summed E-state index contributed by atoms with van der Waals surface area (Å²) in [6.07, 6.45) is 21.0. The number of rotatable bonds is 10. The van der Waals surface area contributed by atoms with E-state index in [9.17, 15) is 0 Å². The molecule has 0 unspecified atom stereocenters. The minimum absolute atomic E-state index is 0.719. The molecule has 23 heavy (non-hydrogen) atoms. The lowest BCUT2D eigenvalue weighted by molar-refractivity contribution is 0.110. The van der Waals surface area contributed by atoms with Crippen LogP contribution in [0.25, 0.3) is 0 Å². The summed E-state index contributed by atoms with van der Waals surface area (Å²) in [5, 5.41) is 0. The summed E-state index contributed by atoms with van der Waals surface area (Å²) in [5.41, 5.74) is 0.